The summed E-state index contributed by atoms with van der Waals surface area (Å²) >= 11 is 0. The number of carbonyl (C=O) groups is 1. The summed E-state index contributed by atoms with van der Waals surface area (Å²) < 4.78 is 2.18. The van der Waals surface area contributed by atoms with E-state index >= 15 is 0 Å². The second-order valence-electron chi connectivity index (χ2n) is 6.14. The Morgan fingerprint density at radius 3 is 2.60 bits per heavy atom. The van der Waals surface area contributed by atoms with Gasteiger partial charge in [-0.3, -0.25) is 4.79 Å². The van der Waals surface area contributed by atoms with Crippen LogP contribution in [0.1, 0.15) is 16.7 Å². The van der Waals surface area contributed by atoms with Gasteiger partial charge in [0.2, 0.25) is 0 Å². The summed E-state index contributed by atoms with van der Waals surface area (Å²) in [5.74, 6) is -0.933. The molecule has 130 valence electrons. The lowest BCUT2D eigenvalue weighted by Gasteiger charge is -2.11. The SMILES string of the molecule is CONC(Cc1cn(Cc2ccccc2C)c2ccccc12)C(=O)O. The first-order valence-corrected chi connectivity index (χ1v) is 8.22. The smallest absolute Gasteiger partial charge is 0.323 e. The van der Waals surface area contributed by atoms with E-state index in [1.54, 1.807) is 0 Å². The summed E-state index contributed by atoms with van der Waals surface area (Å²) in [7, 11) is 1.43. The van der Waals surface area contributed by atoms with E-state index in [4.69, 9.17) is 4.84 Å². The molecule has 5 heteroatoms. The number of nitrogens with zero attached hydrogens (tertiary/aromatic N) is 1. The summed E-state index contributed by atoms with van der Waals surface area (Å²) in [5.41, 5.74) is 7.13. The zero-order chi connectivity index (χ0) is 17.8. The summed E-state index contributed by atoms with van der Waals surface area (Å²) in [5, 5.41) is 10.4. The van der Waals surface area contributed by atoms with Gasteiger partial charge in [-0.2, -0.15) is 5.48 Å². The number of aryl methyl sites for hydroxylation is 1. The molecule has 0 saturated heterocycles. The first kappa shape index (κ1) is 17.2. The summed E-state index contributed by atoms with van der Waals surface area (Å²) in [6.07, 6.45) is 2.40. The summed E-state index contributed by atoms with van der Waals surface area (Å²) in [6.45, 7) is 2.85. The highest BCUT2D eigenvalue weighted by Gasteiger charge is 2.20. The van der Waals surface area contributed by atoms with E-state index in [-0.39, 0.29) is 0 Å². The number of fused-ring (bicyclic) bond motifs is 1. The third-order valence-corrected chi connectivity index (χ3v) is 4.46. The first-order chi connectivity index (χ1) is 12.1. The molecule has 0 fully saturated rings. The van der Waals surface area contributed by atoms with Gasteiger partial charge in [0.05, 0.1) is 7.11 Å². The number of para-hydroxylation sites is 1. The van der Waals surface area contributed by atoms with Crippen LogP contribution in [0.5, 0.6) is 0 Å². The lowest BCUT2D eigenvalue weighted by molar-refractivity contribution is -0.143. The average Bonchev–Trinajstić information content (AvgIpc) is 2.94. The Morgan fingerprint density at radius 1 is 1.16 bits per heavy atom. The molecule has 3 aromatic rings. The van der Waals surface area contributed by atoms with E-state index in [0.717, 1.165) is 23.0 Å². The Bertz CT molecular complexity index is 886. The number of carboxylic acids is 1. The van der Waals surface area contributed by atoms with Crippen molar-refractivity contribution in [2.45, 2.75) is 25.9 Å². The first-order valence-electron chi connectivity index (χ1n) is 8.22. The molecule has 25 heavy (non-hydrogen) atoms. The van der Waals surface area contributed by atoms with Crippen molar-refractivity contribution in [3.63, 3.8) is 0 Å². The van der Waals surface area contributed by atoms with Crippen LogP contribution in [0.15, 0.2) is 54.7 Å². The van der Waals surface area contributed by atoms with Crippen LogP contribution in [-0.4, -0.2) is 28.8 Å². The highest BCUT2D eigenvalue weighted by atomic mass is 16.6. The highest BCUT2D eigenvalue weighted by Crippen LogP contribution is 2.24. The predicted octanol–water partition coefficient (Wildman–Crippen LogP) is 3.14. The largest absolute Gasteiger partial charge is 0.480 e. The second kappa shape index (κ2) is 7.51. The average molecular weight is 338 g/mol. The number of aliphatic carboxylic acids is 1. The molecular formula is C20H22N2O3. The Morgan fingerprint density at radius 2 is 1.88 bits per heavy atom. The molecule has 0 aliphatic rings. The van der Waals surface area contributed by atoms with E-state index in [0.29, 0.717) is 6.42 Å². The number of aromatic nitrogens is 1. The Hall–Kier alpha value is -2.63. The van der Waals surface area contributed by atoms with E-state index < -0.39 is 12.0 Å². The molecule has 1 unspecified atom stereocenters. The highest BCUT2D eigenvalue weighted by molar-refractivity contribution is 5.85. The van der Waals surface area contributed by atoms with Crippen molar-refractivity contribution in [2.24, 2.45) is 0 Å². The third-order valence-electron chi connectivity index (χ3n) is 4.46. The molecule has 1 aromatic heterocycles. The van der Waals surface area contributed by atoms with E-state index in [1.807, 2.05) is 36.5 Å². The van der Waals surface area contributed by atoms with Gasteiger partial charge in [0, 0.05) is 30.1 Å². The van der Waals surface area contributed by atoms with Crippen molar-refractivity contribution >= 4 is 16.9 Å². The van der Waals surface area contributed by atoms with Crippen molar-refractivity contribution in [1.29, 1.82) is 0 Å². The molecule has 5 nitrogen and oxygen atoms in total. The van der Waals surface area contributed by atoms with Gasteiger partial charge in [0.25, 0.3) is 0 Å². The molecule has 0 amide bonds. The van der Waals surface area contributed by atoms with Gasteiger partial charge in [0.15, 0.2) is 0 Å². The molecular weight excluding hydrogens is 316 g/mol. The van der Waals surface area contributed by atoms with Crippen molar-refractivity contribution in [3.8, 4) is 0 Å². The van der Waals surface area contributed by atoms with Gasteiger partial charge < -0.3 is 14.5 Å². The molecule has 0 saturated carbocycles. The molecule has 0 aliphatic heterocycles. The molecule has 0 aliphatic carbocycles. The zero-order valence-electron chi connectivity index (χ0n) is 14.4. The predicted molar refractivity (Wildman–Crippen MR) is 97.5 cm³/mol. The number of hydrogen-bond acceptors (Lipinski definition) is 3. The van der Waals surface area contributed by atoms with Gasteiger partial charge in [-0.15, -0.1) is 0 Å². The topological polar surface area (TPSA) is 63.5 Å². The molecule has 1 atom stereocenters. The number of benzene rings is 2. The molecule has 0 radical (unpaired) electrons. The van der Waals surface area contributed by atoms with Crippen LogP contribution in [0.25, 0.3) is 10.9 Å². The van der Waals surface area contributed by atoms with Crippen molar-refractivity contribution < 1.29 is 14.7 Å². The minimum absolute atomic E-state index is 0.352. The lowest BCUT2D eigenvalue weighted by Crippen LogP contribution is -2.37. The van der Waals surface area contributed by atoms with Crippen molar-refractivity contribution in [1.82, 2.24) is 10.0 Å². The fourth-order valence-electron chi connectivity index (χ4n) is 3.13. The minimum Gasteiger partial charge on any atom is -0.480 e. The van der Waals surface area contributed by atoms with E-state index in [9.17, 15) is 9.90 Å². The Kier molecular flexibility index (Phi) is 5.16. The summed E-state index contributed by atoms with van der Waals surface area (Å²) in [4.78, 5) is 16.3. The van der Waals surface area contributed by atoms with Crippen LogP contribution in [0.4, 0.5) is 0 Å². The van der Waals surface area contributed by atoms with E-state index in [2.05, 4.69) is 35.2 Å². The van der Waals surface area contributed by atoms with Gasteiger partial charge in [-0.05, 0) is 29.7 Å². The van der Waals surface area contributed by atoms with Gasteiger partial charge >= 0.3 is 5.97 Å². The second-order valence-corrected chi connectivity index (χ2v) is 6.14. The Balaban J connectivity index is 1.98. The number of nitrogens with one attached hydrogen (secondary N) is 1. The standard InChI is InChI=1S/C20H22N2O3/c1-14-7-3-4-8-15(14)12-22-13-16(11-18(20(23)24)21-25-2)17-9-5-6-10-19(17)22/h3-10,13,18,21H,11-12H2,1-2H3,(H,23,24). The van der Waals surface area contributed by atoms with Crippen molar-refractivity contribution in [2.75, 3.05) is 7.11 Å². The van der Waals surface area contributed by atoms with Gasteiger partial charge in [-0.1, -0.05) is 42.5 Å². The molecule has 2 aromatic carbocycles. The van der Waals surface area contributed by atoms with Crippen LogP contribution in [0.3, 0.4) is 0 Å². The molecule has 1 heterocycles. The maximum Gasteiger partial charge on any atom is 0.323 e. The normalized spacial score (nSPS) is 12.4. The lowest BCUT2D eigenvalue weighted by atomic mass is 10.1. The van der Waals surface area contributed by atoms with Crippen LogP contribution in [0.2, 0.25) is 0 Å². The zero-order valence-corrected chi connectivity index (χ0v) is 14.4. The van der Waals surface area contributed by atoms with E-state index in [1.165, 1.54) is 18.2 Å². The Labute approximate surface area is 146 Å². The maximum absolute atomic E-state index is 11.4. The molecule has 3 rings (SSSR count). The number of rotatable bonds is 7. The van der Waals surface area contributed by atoms with Crippen LogP contribution >= 0.6 is 0 Å². The third kappa shape index (κ3) is 3.73. The number of hydroxylamine groups is 1. The van der Waals surface area contributed by atoms with Gasteiger partial charge in [-0.25, -0.2) is 0 Å². The maximum atomic E-state index is 11.4. The van der Waals surface area contributed by atoms with Gasteiger partial charge in [0.1, 0.15) is 6.04 Å². The van der Waals surface area contributed by atoms with Crippen LogP contribution in [0, 0.1) is 6.92 Å². The summed E-state index contributed by atoms with van der Waals surface area (Å²) in [6, 6.07) is 15.6. The number of carboxylic acid groups (broad SMARTS) is 1. The fourth-order valence-corrected chi connectivity index (χ4v) is 3.13. The monoisotopic (exact) mass is 338 g/mol. The quantitative estimate of drug-likeness (QED) is 0.650. The number of hydrogen-bond donors (Lipinski definition) is 2. The molecule has 2 N–H and O–H groups in total. The van der Waals surface area contributed by atoms with Crippen molar-refractivity contribution in [3.05, 3.63) is 71.4 Å². The van der Waals surface area contributed by atoms with Crippen LogP contribution in [-0.2, 0) is 22.6 Å². The minimum atomic E-state index is -0.933. The molecule has 0 spiro atoms. The molecule has 0 bridgehead atoms. The fraction of sp³-hybridized carbons (Fsp3) is 0.250. The van der Waals surface area contributed by atoms with Crippen LogP contribution < -0.4 is 5.48 Å².